The molecule has 3 rings (SSSR count). The van der Waals surface area contributed by atoms with Gasteiger partial charge in [-0.15, -0.1) is 0 Å². The summed E-state index contributed by atoms with van der Waals surface area (Å²) in [5.74, 6) is 0. The lowest BCUT2D eigenvalue weighted by Crippen LogP contribution is -2.19. The predicted octanol–water partition coefficient (Wildman–Crippen LogP) is 4.09. The van der Waals surface area contributed by atoms with Crippen LogP contribution in [0.5, 0.6) is 0 Å². The van der Waals surface area contributed by atoms with Crippen LogP contribution in [0.4, 0.5) is 11.4 Å². The number of aryl methyl sites for hydroxylation is 2. The molecule has 0 unspecified atom stereocenters. The molecule has 0 saturated carbocycles. The minimum Gasteiger partial charge on any atom is -0.396 e. The van der Waals surface area contributed by atoms with Crippen LogP contribution in [0.1, 0.15) is 30.4 Å². The zero-order valence-electron chi connectivity index (χ0n) is 12.5. The van der Waals surface area contributed by atoms with Crippen molar-refractivity contribution >= 4 is 11.4 Å². The van der Waals surface area contributed by atoms with Gasteiger partial charge in [0.2, 0.25) is 0 Å². The lowest BCUT2D eigenvalue weighted by Gasteiger charge is -2.27. The zero-order chi connectivity index (χ0) is 14.5. The SMILES string of the molecule is OCCCCCN1c2ccccc2CCc2ccccc21. The van der Waals surface area contributed by atoms with Crippen molar-refractivity contribution in [3.05, 3.63) is 59.7 Å². The Bertz CT molecular complexity index is 546. The molecule has 0 saturated heterocycles. The molecule has 0 spiro atoms. The van der Waals surface area contributed by atoms with Gasteiger partial charge in [-0.25, -0.2) is 0 Å². The number of aliphatic hydroxyl groups excluding tert-OH is 1. The number of aliphatic hydroxyl groups is 1. The zero-order valence-corrected chi connectivity index (χ0v) is 12.5. The van der Waals surface area contributed by atoms with Gasteiger partial charge in [-0.1, -0.05) is 36.4 Å². The number of benzene rings is 2. The Morgan fingerprint density at radius 3 is 1.90 bits per heavy atom. The summed E-state index contributed by atoms with van der Waals surface area (Å²) in [5, 5.41) is 8.95. The van der Waals surface area contributed by atoms with Gasteiger partial charge < -0.3 is 10.0 Å². The fraction of sp³-hybridized carbons (Fsp3) is 0.368. The van der Waals surface area contributed by atoms with E-state index in [1.807, 2.05) is 0 Å². The van der Waals surface area contributed by atoms with E-state index < -0.39 is 0 Å². The second-order valence-corrected chi connectivity index (χ2v) is 5.69. The summed E-state index contributed by atoms with van der Waals surface area (Å²) in [6.07, 6.45) is 5.32. The number of para-hydroxylation sites is 2. The molecule has 0 fully saturated rings. The highest BCUT2D eigenvalue weighted by molar-refractivity contribution is 5.71. The van der Waals surface area contributed by atoms with Crippen LogP contribution >= 0.6 is 0 Å². The van der Waals surface area contributed by atoms with Crippen molar-refractivity contribution in [3.63, 3.8) is 0 Å². The van der Waals surface area contributed by atoms with Crippen molar-refractivity contribution in [2.45, 2.75) is 32.1 Å². The standard InChI is InChI=1S/C19H23NO/c21-15-7-1-6-14-20-18-10-4-2-8-16(18)12-13-17-9-3-5-11-19(17)20/h2-5,8-11,21H,1,6-7,12-15H2. The van der Waals surface area contributed by atoms with Crippen LogP contribution in [0.3, 0.4) is 0 Å². The van der Waals surface area contributed by atoms with Crippen LogP contribution in [-0.2, 0) is 12.8 Å². The molecule has 1 heterocycles. The highest BCUT2D eigenvalue weighted by atomic mass is 16.2. The third-order valence-electron chi connectivity index (χ3n) is 4.27. The third kappa shape index (κ3) is 3.11. The summed E-state index contributed by atoms with van der Waals surface area (Å²) in [6.45, 7) is 1.32. The van der Waals surface area contributed by atoms with Crippen molar-refractivity contribution in [1.29, 1.82) is 0 Å². The number of hydrogen-bond acceptors (Lipinski definition) is 2. The van der Waals surface area contributed by atoms with E-state index in [1.165, 1.54) is 22.5 Å². The maximum atomic E-state index is 8.95. The van der Waals surface area contributed by atoms with E-state index in [4.69, 9.17) is 5.11 Å². The Balaban J connectivity index is 1.91. The van der Waals surface area contributed by atoms with Crippen LogP contribution in [0.25, 0.3) is 0 Å². The summed E-state index contributed by atoms with van der Waals surface area (Å²) in [5.41, 5.74) is 5.59. The normalized spacial score (nSPS) is 13.5. The quantitative estimate of drug-likeness (QED) is 0.835. The molecule has 2 heteroatoms. The maximum absolute atomic E-state index is 8.95. The highest BCUT2D eigenvalue weighted by Crippen LogP contribution is 2.35. The van der Waals surface area contributed by atoms with Gasteiger partial charge in [-0.05, 0) is 55.4 Å². The van der Waals surface area contributed by atoms with E-state index in [0.717, 1.165) is 38.6 Å². The van der Waals surface area contributed by atoms with Gasteiger partial charge in [-0.3, -0.25) is 0 Å². The molecule has 21 heavy (non-hydrogen) atoms. The van der Waals surface area contributed by atoms with Crippen molar-refractivity contribution in [1.82, 2.24) is 0 Å². The first-order valence-electron chi connectivity index (χ1n) is 7.94. The van der Waals surface area contributed by atoms with Gasteiger partial charge in [-0.2, -0.15) is 0 Å². The van der Waals surface area contributed by atoms with Crippen molar-refractivity contribution in [3.8, 4) is 0 Å². The van der Waals surface area contributed by atoms with E-state index in [1.54, 1.807) is 0 Å². The monoisotopic (exact) mass is 281 g/mol. The predicted molar refractivity (Wildman–Crippen MR) is 88.2 cm³/mol. The Kier molecular flexibility index (Phi) is 4.56. The maximum Gasteiger partial charge on any atom is 0.0443 e. The first kappa shape index (κ1) is 14.2. The third-order valence-corrected chi connectivity index (χ3v) is 4.27. The topological polar surface area (TPSA) is 23.5 Å². The summed E-state index contributed by atoms with van der Waals surface area (Å²) in [4.78, 5) is 2.47. The fourth-order valence-corrected chi connectivity index (χ4v) is 3.17. The molecule has 1 aliphatic heterocycles. The summed E-state index contributed by atoms with van der Waals surface area (Å²) in [6, 6.07) is 17.5. The number of fused-ring (bicyclic) bond motifs is 2. The van der Waals surface area contributed by atoms with Crippen molar-refractivity contribution in [2.24, 2.45) is 0 Å². The second kappa shape index (κ2) is 6.77. The number of hydrogen-bond donors (Lipinski definition) is 1. The number of anilines is 2. The van der Waals surface area contributed by atoms with Gasteiger partial charge in [0.05, 0.1) is 0 Å². The Labute approximate surface area is 127 Å². The van der Waals surface area contributed by atoms with Gasteiger partial charge in [0, 0.05) is 24.5 Å². The van der Waals surface area contributed by atoms with Gasteiger partial charge in [0.1, 0.15) is 0 Å². The average molecular weight is 281 g/mol. The molecule has 1 N–H and O–H groups in total. The van der Waals surface area contributed by atoms with Crippen molar-refractivity contribution in [2.75, 3.05) is 18.1 Å². The summed E-state index contributed by atoms with van der Waals surface area (Å²) in [7, 11) is 0. The minimum atomic E-state index is 0.299. The largest absolute Gasteiger partial charge is 0.396 e. The molecule has 0 aliphatic carbocycles. The molecule has 0 bridgehead atoms. The molecular weight excluding hydrogens is 258 g/mol. The lowest BCUT2D eigenvalue weighted by molar-refractivity contribution is 0.283. The van der Waals surface area contributed by atoms with Crippen LogP contribution in [0, 0.1) is 0 Å². The summed E-state index contributed by atoms with van der Waals surface area (Å²) >= 11 is 0. The molecule has 0 amide bonds. The van der Waals surface area contributed by atoms with E-state index in [2.05, 4.69) is 53.4 Å². The van der Waals surface area contributed by atoms with E-state index >= 15 is 0 Å². The average Bonchev–Trinajstić information content (AvgIpc) is 2.69. The van der Waals surface area contributed by atoms with Crippen LogP contribution in [0.15, 0.2) is 48.5 Å². The van der Waals surface area contributed by atoms with Crippen LogP contribution in [0.2, 0.25) is 0 Å². The Morgan fingerprint density at radius 1 is 0.762 bits per heavy atom. The van der Waals surface area contributed by atoms with Crippen LogP contribution < -0.4 is 4.90 Å². The molecule has 2 aromatic rings. The second-order valence-electron chi connectivity index (χ2n) is 5.69. The lowest BCUT2D eigenvalue weighted by atomic mass is 10.0. The van der Waals surface area contributed by atoms with Gasteiger partial charge in [0.25, 0.3) is 0 Å². The minimum absolute atomic E-state index is 0.299. The highest BCUT2D eigenvalue weighted by Gasteiger charge is 2.19. The van der Waals surface area contributed by atoms with Gasteiger partial charge >= 0.3 is 0 Å². The molecule has 110 valence electrons. The molecule has 0 atom stereocenters. The van der Waals surface area contributed by atoms with E-state index in [-0.39, 0.29) is 0 Å². The summed E-state index contributed by atoms with van der Waals surface area (Å²) < 4.78 is 0. The fourth-order valence-electron chi connectivity index (χ4n) is 3.17. The molecule has 2 nitrogen and oxygen atoms in total. The molecular formula is C19H23NO. The Hall–Kier alpha value is -1.80. The smallest absolute Gasteiger partial charge is 0.0443 e. The van der Waals surface area contributed by atoms with E-state index in [0.29, 0.717) is 6.61 Å². The number of rotatable bonds is 5. The first-order valence-corrected chi connectivity index (χ1v) is 7.94. The number of nitrogens with zero attached hydrogens (tertiary/aromatic N) is 1. The first-order chi connectivity index (χ1) is 10.4. The Morgan fingerprint density at radius 2 is 1.33 bits per heavy atom. The van der Waals surface area contributed by atoms with Crippen molar-refractivity contribution < 1.29 is 5.11 Å². The van der Waals surface area contributed by atoms with Crippen LogP contribution in [-0.4, -0.2) is 18.3 Å². The van der Waals surface area contributed by atoms with Gasteiger partial charge in [0.15, 0.2) is 0 Å². The number of unbranched alkanes of at least 4 members (excludes halogenated alkanes) is 2. The molecule has 0 radical (unpaired) electrons. The molecule has 0 aromatic heterocycles. The van der Waals surface area contributed by atoms with E-state index in [9.17, 15) is 0 Å². The molecule has 1 aliphatic rings. The molecule has 2 aromatic carbocycles.